The Labute approximate surface area is 225 Å². The summed E-state index contributed by atoms with van der Waals surface area (Å²) in [4.78, 5) is 26.2. The van der Waals surface area contributed by atoms with E-state index in [1.165, 1.54) is 6.42 Å². The van der Waals surface area contributed by atoms with E-state index >= 15 is 0 Å². The van der Waals surface area contributed by atoms with Gasteiger partial charge in [-0.25, -0.2) is 9.59 Å². The van der Waals surface area contributed by atoms with Crippen LogP contribution < -0.4 is 0 Å². The Morgan fingerprint density at radius 3 is 2.47 bits per heavy atom. The van der Waals surface area contributed by atoms with Gasteiger partial charge in [-0.1, -0.05) is 63.4 Å². The van der Waals surface area contributed by atoms with Crippen LogP contribution in [0, 0.1) is 23.2 Å². The molecule has 4 fully saturated rings. The SMILES string of the molecule is CC1CC[C@]2(C)C1[C@H](OC(=O)c1ccc3ccccc3c1)[C@]1(C3CCCCC3)C[C@@H](OC(=O)CO)[C@@]2(C)O1. The molecule has 2 aromatic rings. The maximum atomic E-state index is 13.8. The van der Waals surface area contributed by atoms with Gasteiger partial charge in [0, 0.05) is 17.8 Å². The van der Waals surface area contributed by atoms with Crippen LogP contribution >= 0.6 is 0 Å². The van der Waals surface area contributed by atoms with Gasteiger partial charge in [0.05, 0.1) is 5.56 Å². The molecule has 2 heterocycles. The number of aliphatic hydroxyl groups excluding tert-OH is 1. The van der Waals surface area contributed by atoms with Crippen LogP contribution in [-0.4, -0.2) is 47.1 Å². The summed E-state index contributed by atoms with van der Waals surface area (Å²) in [6.07, 6.45) is 6.95. The number of hydrogen-bond acceptors (Lipinski definition) is 6. The van der Waals surface area contributed by atoms with E-state index in [1.807, 2.05) is 42.5 Å². The first kappa shape index (κ1) is 25.8. The third-order valence-corrected chi connectivity index (χ3v) is 10.8. The number of hydrogen-bond donors (Lipinski definition) is 1. The molecule has 2 aliphatic heterocycles. The Balaban J connectivity index is 1.43. The molecule has 204 valence electrons. The molecule has 2 aromatic carbocycles. The van der Waals surface area contributed by atoms with Crippen LogP contribution in [-0.2, 0) is 19.0 Å². The molecular formula is C32H40O6. The molecular weight excluding hydrogens is 480 g/mol. The molecule has 0 amide bonds. The number of benzene rings is 2. The summed E-state index contributed by atoms with van der Waals surface area (Å²) in [5.74, 6) is -0.291. The Morgan fingerprint density at radius 1 is 1.00 bits per heavy atom. The fourth-order valence-corrected chi connectivity index (χ4v) is 8.76. The largest absolute Gasteiger partial charge is 0.457 e. The van der Waals surface area contributed by atoms with Gasteiger partial charge < -0.3 is 19.3 Å². The highest BCUT2D eigenvalue weighted by Gasteiger charge is 2.77. The molecule has 2 saturated heterocycles. The molecule has 6 nitrogen and oxygen atoms in total. The second-order valence-electron chi connectivity index (χ2n) is 12.7. The van der Waals surface area contributed by atoms with Crippen molar-refractivity contribution < 1.29 is 28.9 Å². The monoisotopic (exact) mass is 520 g/mol. The summed E-state index contributed by atoms with van der Waals surface area (Å²) in [7, 11) is 0. The van der Waals surface area contributed by atoms with E-state index in [-0.39, 0.29) is 23.2 Å². The highest BCUT2D eigenvalue weighted by molar-refractivity contribution is 5.95. The number of fused-ring (bicyclic) bond motifs is 5. The summed E-state index contributed by atoms with van der Waals surface area (Å²) in [6.45, 7) is 5.94. The van der Waals surface area contributed by atoms with Crippen LogP contribution in [0.4, 0.5) is 0 Å². The van der Waals surface area contributed by atoms with Crippen molar-refractivity contribution >= 4 is 22.7 Å². The van der Waals surface area contributed by atoms with Crippen LogP contribution in [0.15, 0.2) is 42.5 Å². The van der Waals surface area contributed by atoms with Gasteiger partial charge in [-0.15, -0.1) is 0 Å². The number of carbonyl (C=O) groups is 2. The first-order valence-electron chi connectivity index (χ1n) is 14.4. The van der Waals surface area contributed by atoms with Gasteiger partial charge in [-0.05, 0) is 67.3 Å². The van der Waals surface area contributed by atoms with E-state index in [4.69, 9.17) is 14.2 Å². The minimum Gasteiger partial charge on any atom is -0.457 e. The zero-order chi connectivity index (χ0) is 26.7. The third-order valence-electron chi connectivity index (χ3n) is 10.8. The lowest BCUT2D eigenvalue weighted by molar-refractivity contribution is -0.293. The molecule has 2 aliphatic carbocycles. The van der Waals surface area contributed by atoms with Gasteiger partial charge in [0.15, 0.2) is 0 Å². The molecule has 38 heavy (non-hydrogen) atoms. The highest BCUT2D eigenvalue weighted by atomic mass is 16.6. The molecule has 2 bridgehead atoms. The summed E-state index contributed by atoms with van der Waals surface area (Å²) in [5.41, 5.74) is -1.22. The van der Waals surface area contributed by atoms with E-state index in [0.717, 1.165) is 49.3 Å². The van der Waals surface area contributed by atoms with E-state index in [0.29, 0.717) is 17.9 Å². The molecule has 2 saturated carbocycles. The average Bonchev–Trinajstić information content (AvgIpc) is 3.41. The summed E-state index contributed by atoms with van der Waals surface area (Å²) in [5, 5.41) is 11.6. The number of rotatable bonds is 5. The number of ether oxygens (including phenoxy) is 3. The summed E-state index contributed by atoms with van der Waals surface area (Å²) < 4.78 is 19.8. The smallest absolute Gasteiger partial charge is 0.338 e. The highest BCUT2D eigenvalue weighted by Crippen LogP contribution is 2.69. The van der Waals surface area contributed by atoms with Crippen LogP contribution in [0.25, 0.3) is 10.8 Å². The predicted molar refractivity (Wildman–Crippen MR) is 144 cm³/mol. The van der Waals surface area contributed by atoms with Crippen LogP contribution in [0.3, 0.4) is 0 Å². The van der Waals surface area contributed by atoms with E-state index in [9.17, 15) is 14.7 Å². The summed E-state index contributed by atoms with van der Waals surface area (Å²) >= 11 is 0. The predicted octanol–water partition coefficient (Wildman–Crippen LogP) is 5.83. The maximum absolute atomic E-state index is 13.8. The van der Waals surface area contributed by atoms with E-state index in [2.05, 4.69) is 20.8 Å². The van der Waals surface area contributed by atoms with Crippen molar-refractivity contribution in [1.82, 2.24) is 0 Å². The van der Waals surface area contributed by atoms with Crippen molar-refractivity contribution in [2.45, 2.75) is 95.5 Å². The molecule has 0 radical (unpaired) electrons. The maximum Gasteiger partial charge on any atom is 0.338 e. The minimum absolute atomic E-state index is 0.0883. The van der Waals surface area contributed by atoms with Gasteiger partial charge in [0.25, 0.3) is 0 Å². The van der Waals surface area contributed by atoms with Gasteiger partial charge >= 0.3 is 11.9 Å². The molecule has 7 atom stereocenters. The molecule has 4 aliphatic rings. The van der Waals surface area contributed by atoms with Crippen molar-refractivity contribution in [2.24, 2.45) is 23.2 Å². The molecule has 0 spiro atoms. The van der Waals surface area contributed by atoms with Gasteiger partial charge in [0.1, 0.15) is 30.0 Å². The fraction of sp³-hybridized carbons (Fsp3) is 0.625. The number of aliphatic hydroxyl groups is 1. The lowest BCUT2D eigenvalue weighted by Gasteiger charge is -2.59. The molecule has 1 N–H and O–H groups in total. The zero-order valence-electron chi connectivity index (χ0n) is 22.8. The Kier molecular flexibility index (Phi) is 6.34. The minimum atomic E-state index is -0.717. The summed E-state index contributed by atoms with van der Waals surface area (Å²) in [6, 6.07) is 13.8. The van der Waals surface area contributed by atoms with Crippen molar-refractivity contribution in [3.8, 4) is 0 Å². The Bertz CT molecular complexity index is 1240. The van der Waals surface area contributed by atoms with Crippen LogP contribution in [0.1, 0.15) is 82.5 Å². The number of esters is 2. The lowest BCUT2D eigenvalue weighted by Crippen LogP contribution is -2.67. The number of carbonyl (C=O) groups excluding carboxylic acids is 2. The third kappa shape index (κ3) is 3.74. The second kappa shape index (κ2) is 9.34. The molecule has 6 rings (SSSR count). The van der Waals surface area contributed by atoms with Crippen molar-refractivity contribution in [3.05, 3.63) is 48.0 Å². The topological polar surface area (TPSA) is 82.1 Å². The van der Waals surface area contributed by atoms with Crippen molar-refractivity contribution in [2.75, 3.05) is 6.61 Å². The fourth-order valence-electron chi connectivity index (χ4n) is 8.76. The van der Waals surface area contributed by atoms with Gasteiger partial charge in [-0.2, -0.15) is 0 Å². The van der Waals surface area contributed by atoms with Gasteiger partial charge in [0.2, 0.25) is 0 Å². The van der Waals surface area contributed by atoms with Crippen molar-refractivity contribution in [1.29, 1.82) is 0 Å². The second-order valence-corrected chi connectivity index (χ2v) is 12.7. The molecule has 2 unspecified atom stereocenters. The van der Waals surface area contributed by atoms with Crippen molar-refractivity contribution in [3.63, 3.8) is 0 Å². The van der Waals surface area contributed by atoms with Crippen LogP contribution in [0.2, 0.25) is 0 Å². The standard InChI is InChI=1S/C32H40O6/c1-20-15-16-30(2)27(20)28(37-29(35)23-14-13-21-9-7-8-10-22(21)17-23)32(24-11-5-4-6-12-24)18-25(31(30,3)38-32)36-26(34)19-33/h7-10,13-14,17,20,24-25,27-28,33H,4-6,11-12,15-16,18-19H2,1-3H3/t20?,25-,27?,28+,30-,31-,32-/m1/s1. The quantitative estimate of drug-likeness (QED) is 0.500. The van der Waals surface area contributed by atoms with E-state index < -0.39 is 36.0 Å². The first-order chi connectivity index (χ1) is 18.2. The van der Waals surface area contributed by atoms with E-state index in [1.54, 1.807) is 0 Å². The van der Waals surface area contributed by atoms with Crippen LogP contribution in [0.5, 0.6) is 0 Å². The normalized spacial score (nSPS) is 38.6. The molecule has 0 aromatic heterocycles. The van der Waals surface area contributed by atoms with Gasteiger partial charge in [-0.3, -0.25) is 0 Å². The first-order valence-corrected chi connectivity index (χ1v) is 14.4. The zero-order valence-corrected chi connectivity index (χ0v) is 22.8. The Hall–Kier alpha value is -2.44. The lowest BCUT2D eigenvalue weighted by atomic mass is 9.59. The average molecular weight is 521 g/mol. The Morgan fingerprint density at radius 2 is 1.74 bits per heavy atom. The molecule has 6 heteroatoms.